The zero-order chi connectivity index (χ0) is 21.5. The number of carbonyl (C=O) groups is 3. The Bertz CT molecular complexity index is 1070. The molecule has 2 atom stereocenters. The molecule has 1 aromatic carbocycles. The van der Waals surface area contributed by atoms with Gasteiger partial charge in [-0.1, -0.05) is 6.07 Å². The average Bonchev–Trinajstić information content (AvgIpc) is 3.30. The number of fused-ring (bicyclic) bond motifs is 1. The molecule has 160 valence electrons. The van der Waals surface area contributed by atoms with E-state index in [9.17, 15) is 18.8 Å². The topological polar surface area (TPSA) is 82.6 Å². The minimum atomic E-state index is -0.747. The Labute approximate surface area is 179 Å². The molecule has 3 amide bonds. The van der Waals surface area contributed by atoms with Crippen LogP contribution in [-0.2, 0) is 22.7 Å². The quantitative estimate of drug-likeness (QED) is 0.763. The van der Waals surface area contributed by atoms with Crippen molar-refractivity contribution in [2.75, 3.05) is 13.1 Å². The van der Waals surface area contributed by atoms with Crippen LogP contribution in [0, 0.1) is 0 Å². The molecule has 4 heterocycles. The number of hydrogen-bond acceptors (Lipinski definition) is 5. The number of halogens is 1. The molecule has 2 aromatic rings. The van der Waals surface area contributed by atoms with Crippen LogP contribution in [0.3, 0.4) is 0 Å². The van der Waals surface area contributed by atoms with Gasteiger partial charge >= 0.3 is 0 Å². The second-order valence-electron chi connectivity index (χ2n) is 8.44. The maximum absolute atomic E-state index is 13.5. The zero-order valence-corrected chi connectivity index (χ0v) is 17.0. The highest BCUT2D eigenvalue weighted by atomic mass is 19.1. The second-order valence-corrected chi connectivity index (χ2v) is 8.44. The molecule has 0 radical (unpaired) electrons. The van der Waals surface area contributed by atoms with E-state index in [1.165, 1.54) is 0 Å². The van der Waals surface area contributed by atoms with Gasteiger partial charge in [0.25, 0.3) is 5.91 Å². The number of nitrogens with one attached hydrogen (secondary N) is 1. The van der Waals surface area contributed by atoms with Crippen molar-refractivity contribution in [1.29, 1.82) is 0 Å². The third-order valence-corrected chi connectivity index (χ3v) is 6.26. The summed E-state index contributed by atoms with van der Waals surface area (Å²) in [6.07, 6.45) is 2.17. The summed E-state index contributed by atoms with van der Waals surface area (Å²) in [4.78, 5) is 44.6. The normalized spacial score (nSPS) is 23.9. The molecule has 3 aliphatic heterocycles. The molecule has 3 aliphatic rings. The standard InChI is InChI=1S/C23H23FN4O3/c24-17-6-8-27(13-17)11-14-5-7-25-19(9-14)15-1-2-18-16(10-15)12-28(23(18)31)20-3-4-21(29)26-22(20)30/h1-2,5,7,9-10,17,20H,3-4,6,8,11-13H2,(H,26,29,30)/t17-,20?/m0/s1. The number of likely N-dealkylation sites (tertiary alicyclic amines) is 1. The summed E-state index contributed by atoms with van der Waals surface area (Å²) in [6.45, 7) is 2.24. The van der Waals surface area contributed by atoms with Crippen LogP contribution in [0.15, 0.2) is 36.5 Å². The summed E-state index contributed by atoms with van der Waals surface area (Å²) in [5, 5.41) is 2.32. The van der Waals surface area contributed by atoms with E-state index in [0.29, 0.717) is 38.0 Å². The van der Waals surface area contributed by atoms with Gasteiger partial charge in [0.2, 0.25) is 11.8 Å². The van der Waals surface area contributed by atoms with Crippen LogP contribution in [0.5, 0.6) is 0 Å². The van der Waals surface area contributed by atoms with Gasteiger partial charge in [-0.25, -0.2) is 4.39 Å². The van der Waals surface area contributed by atoms with Gasteiger partial charge in [-0.3, -0.25) is 29.6 Å². The first-order valence-corrected chi connectivity index (χ1v) is 10.6. The van der Waals surface area contributed by atoms with Gasteiger partial charge < -0.3 is 4.90 Å². The number of alkyl halides is 1. The Morgan fingerprint density at radius 1 is 1.13 bits per heavy atom. The second kappa shape index (κ2) is 7.85. The lowest BCUT2D eigenvalue weighted by Gasteiger charge is -2.29. The fourth-order valence-electron chi connectivity index (χ4n) is 4.65. The number of hydrogen-bond donors (Lipinski definition) is 1. The molecule has 8 heteroatoms. The van der Waals surface area contributed by atoms with Gasteiger partial charge in [0, 0.05) is 49.9 Å². The lowest BCUT2D eigenvalue weighted by atomic mass is 10.0. The fourth-order valence-corrected chi connectivity index (χ4v) is 4.65. The molecule has 1 aromatic heterocycles. The Kier molecular flexibility index (Phi) is 5.02. The van der Waals surface area contributed by atoms with E-state index in [1.807, 2.05) is 24.3 Å². The van der Waals surface area contributed by atoms with E-state index in [0.717, 1.165) is 28.9 Å². The molecule has 1 unspecified atom stereocenters. The molecule has 2 saturated heterocycles. The number of rotatable bonds is 4. The predicted molar refractivity (Wildman–Crippen MR) is 111 cm³/mol. The van der Waals surface area contributed by atoms with Crippen molar-refractivity contribution in [3.05, 3.63) is 53.2 Å². The number of nitrogens with zero attached hydrogens (tertiary/aromatic N) is 3. The zero-order valence-electron chi connectivity index (χ0n) is 17.0. The molecule has 31 heavy (non-hydrogen) atoms. The van der Waals surface area contributed by atoms with Crippen LogP contribution < -0.4 is 5.32 Å². The van der Waals surface area contributed by atoms with Crippen LogP contribution in [0.4, 0.5) is 4.39 Å². The van der Waals surface area contributed by atoms with E-state index in [-0.39, 0.29) is 18.2 Å². The lowest BCUT2D eigenvalue weighted by Crippen LogP contribution is -2.52. The summed E-state index contributed by atoms with van der Waals surface area (Å²) in [6, 6.07) is 8.91. The summed E-state index contributed by atoms with van der Waals surface area (Å²) in [5.41, 5.74) is 4.18. The van der Waals surface area contributed by atoms with Crippen LogP contribution in [0.25, 0.3) is 11.3 Å². The highest BCUT2D eigenvalue weighted by molar-refractivity contribution is 6.05. The summed E-state index contributed by atoms with van der Waals surface area (Å²) >= 11 is 0. The SMILES string of the molecule is O=C1CCC(N2Cc3cc(-c4cc(CN5CC[C@H](F)C5)ccn4)ccc3C2=O)C(=O)N1. The van der Waals surface area contributed by atoms with Crippen LogP contribution >= 0.6 is 0 Å². The van der Waals surface area contributed by atoms with Crippen molar-refractivity contribution in [3.8, 4) is 11.3 Å². The van der Waals surface area contributed by atoms with E-state index < -0.39 is 18.1 Å². The highest BCUT2D eigenvalue weighted by Crippen LogP contribution is 2.31. The average molecular weight is 422 g/mol. The summed E-state index contributed by atoms with van der Waals surface area (Å²) in [5.74, 6) is -0.897. The smallest absolute Gasteiger partial charge is 0.255 e. The largest absolute Gasteiger partial charge is 0.322 e. The molecule has 0 bridgehead atoms. The number of amides is 3. The van der Waals surface area contributed by atoms with E-state index in [2.05, 4.69) is 15.2 Å². The van der Waals surface area contributed by atoms with Crippen molar-refractivity contribution in [2.24, 2.45) is 0 Å². The summed E-state index contributed by atoms with van der Waals surface area (Å²) in [7, 11) is 0. The van der Waals surface area contributed by atoms with Gasteiger partial charge in [-0.15, -0.1) is 0 Å². The highest BCUT2D eigenvalue weighted by Gasteiger charge is 2.39. The molecule has 5 rings (SSSR count). The van der Waals surface area contributed by atoms with Crippen LogP contribution in [-0.4, -0.2) is 57.8 Å². The molecule has 2 fully saturated rings. The van der Waals surface area contributed by atoms with Gasteiger partial charge in [0.05, 0.1) is 5.69 Å². The maximum Gasteiger partial charge on any atom is 0.255 e. The van der Waals surface area contributed by atoms with Crippen molar-refractivity contribution in [1.82, 2.24) is 20.1 Å². The fraction of sp³-hybridized carbons (Fsp3) is 0.391. The van der Waals surface area contributed by atoms with Crippen LogP contribution in [0.2, 0.25) is 0 Å². The number of benzene rings is 1. The third kappa shape index (κ3) is 3.83. The Morgan fingerprint density at radius 2 is 2.00 bits per heavy atom. The number of piperidine rings is 1. The van der Waals surface area contributed by atoms with Crippen molar-refractivity contribution in [3.63, 3.8) is 0 Å². The molecule has 7 nitrogen and oxygen atoms in total. The molecule has 1 N–H and O–H groups in total. The van der Waals surface area contributed by atoms with Crippen molar-refractivity contribution in [2.45, 2.75) is 44.6 Å². The predicted octanol–water partition coefficient (Wildman–Crippen LogP) is 2.05. The molecule has 0 saturated carbocycles. The molecule has 0 spiro atoms. The minimum absolute atomic E-state index is 0.187. The maximum atomic E-state index is 13.5. The van der Waals surface area contributed by atoms with Gasteiger partial charge in [-0.05, 0) is 48.2 Å². The Balaban J connectivity index is 1.35. The Morgan fingerprint density at radius 3 is 2.77 bits per heavy atom. The third-order valence-electron chi connectivity index (χ3n) is 6.26. The first-order valence-electron chi connectivity index (χ1n) is 10.6. The first-order chi connectivity index (χ1) is 15.0. The summed E-state index contributed by atoms with van der Waals surface area (Å²) < 4.78 is 13.5. The minimum Gasteiger partial charge on any atom is -0.322 e. The number of imide groups is 1. The van der Waals surface area contributed by atoms with Crippen molar-refractivity contribution >= 4 is 17.7 Å². The van der Waals surface area contributed by atoms with E-state index in [4.69, 9.17) is 0 Å². The van der Waals surface area contributed by atoms with E-state index >= 15 is 0 Å². The monoisotopic (exact) mass is 422 g/mol. The first kappa shape index (κ1) is 19.8. The molecular weight excluding hydrogens is 399 g/mol. The van der Waals surface area contributed by atoms with Crippen molar-refractivity contribution < 1.29 is 18.8 Å². The van der Waals surface area contributed by atoms with Crippen LogP contribution in [0.1, 0.15) is 40.7 Å². The lowest BCUT2D eigenvalue weighted by molar-refractivity contribution is -0.136. The van der Waals surface area contributed by atoms with Gasteiger partial charge in [-0.2, -0.15) is 0 Å². The number of aromatic nitrogens is 1. The molecule has 0 aliphatic carbocycles. The number of carbonyl (C=O) groups excluding carboxylic acids is 3. The van der Waals surface area contributed by atoms with Gasteiger partial charge in [0.1, 0.15) is 12.2 Å². The number of pyridine rings is 1. The Hall–Kier alpha value is -3.13. The van der Waals surface area contributed by atoms with Gasteiger partial charge in [0.15, 0.2) is 0 Å². The van der Waals surface area contributed by atoms with E-state index in [1.54, 1.807) is 17.2 Å². The molecular formula is C23H23FN4O3.